The van der Waals surface area contributed by atoms with Crippen LogP contribution < -0.4 is 0 Å². The van der Waals surface area contributed by atoms with E-state index < -0.39 is 11.9 Å². The normalized spacial score (nSPS) is 12.5. The zero-order valence-corrected chi connectivity index (χ0v) is 18.1. The lowest BCUT2D eigenvalue weighted by atomic mass is 10.1. The molecule has 4 N–H and O–H groups in total. The Bertz CT molecular complexity index is 1600. The number of rotatable bonds is 4. The Morgan fingerprint density at radius 3 is 2.29 bits per heavy atom. The van der Waals surface area contributed by atoms with E-state index in [-0.39, 0.29) is 22.2 Å². The molecule has 0 aromatic carbocycles. The van der Waals surface area contributed by atoms with Crippen molar-refractivity contribution in [3.05, 3.63) is 82.5 Å². The highest BCUT2D eigenvalue weighted by molar-refractivity contribution is 6.10. The molecule has 0 atom stereocenters. The van der Waals surface area contributed by atoms with E-state index in [4.69, 9.17) is 9.97 Å². The molecule has 8 nitrogen and oxygen atoms in total. The third-order valence-electron chi connectivity index (χ3n) is 5.91. The van der Waals surface area contributed by atoms with Crippen molar-refractivity contribution in [2.75, 3.05) is 0 Å². The molecule has 5 heterocycles. The van der Waals surface area contributed by atoms with Crippen molar-refractivity contribution in [2.24, 2.45) is 0 Å². The third kappa shape index (κ3) is 3.41. The number of aromatic amines is 2. The number of hydrogen-bond acceptors (Lipinski definition) is 4. The predicted molar refractivity (Wildman–Crippen MR) is 131 cm³/mol. The predicted octanol–water partition coefficient (Wildman–Crippen LogP) is 4.95. The fourth-order valence-electron chi connectivity index (χ4n) is 4.36. The van der Waals surface area contributed by atoms with E-state index in [2.05, 4.69) is 23.1 Å². The van der Waals surface area contributed by atoms with Crippen LogP contribution in [0.2, 0.25) is 0 Å². The van der Waals surface area contributed by atoms with Crippen LogP contribution in [0.1, 0.15) is 54.6 Å². The van der Waals surface area contributed by atoms with E-state index in [0.717, 1.165) is 29.8 Å². The summed E-state index contributed by atoms with van der Waals surface area (Å²) in [7, 11) is 0. The van der Waals surface area contributed by atoms with Gasteiger partial charge in [0.1, 0.15) is 5.56 Å². The molecule has 0 fully saturated rings. The van der Waals surface area contributed by atoms with Gasteiger partial charge in [-0.05, 0) is 49.3 Å². The summed E-state index contributed by atoms with van der Waals surface area (Å²) in [6.07, 6.45) is 8.41. The van der Waals surface area contributed by atoms with Gasteiger partial charge in [-0.3, -0.25) is 4.98 Å². The van der Waals surface area contributed by atoms with Gasteiger partial charge in [0, 0.05) is 27.9 Å². The average Bonchev–Trinajstić information content (AvgIpc) is 3.58. The zero-order chi connectivity index (χ0) is 24.0. The standard InChI is InChI=1S/C26H20N4O4/c1-3-15-18-7-5-13(27-18)11-14-6-8-21(28-14)23(26(33)34)24-17(25(31)32)12-22(30-24)16(4-2)20-10-9-19(15)29-20/h3-4,6,8-12,28,30H,1-2,5,7H2,(H,31,32)(H,33,34). The summed E-state index contributed by atoms with van der Waals surface area (Å²) in [5, 5.41) is 19.8. The number of nitrogens with one attached hydrogen (secondary N) is 2. The summed E-state index contributed by atoms with van der Waals surface area (Å²) in [5.74, 6) is -2.52. The van der Waals surface area contributed by atoms with Crippen LogP contribution in [0.5, 0.6) is 0 Å². The van der Waals surface area contributed by atoms with E-state index in [1.807, 2.05) is 12.1 Å². The molecule has 0 saturated heterocycles. The number of carbonyl (C=O) groups is 2. The molecular formula is C26H20N4O4. The van der Waals surface area contributed by atoms with Gasteiger partial charge in [0.05, 0.1) is 33.7 Å². The maximum atomic E-state index is 12.3. The first kappa shape index (κ1) is 21.1. The van der Waals surface area contributed by atoms with Crippen LogP contribution in [0.25, 0.3) is 46.4 Å². The van der Waals surface area contributed by atoms with Crippen LogP contribution in [-0.4, -0.2) is 42.1 Å². The number of H-pyrrole nitrogens is 2. The Balaban J connectivity index is 2.04. The summed E-state index contributed by atoms with van der Waals surface area (Å²) < 4.78 is 0. The van der Waals surface area contributed by atoms with E-state index in [1.54, 1.807) is 30.4 Å². The van der Waals surface area contributed by atoms with E-state index in [9.17, 15) is 19.8 Å². The van der Waals surface area contributed by atoms with Crippen LogP contribution in [-0.2, 0) is 12.8 Å². The number of aromatic nitrogens is 4. The molecule has 2 aliphatic rings. The van der Waals surface area contributed by atoms with Crippen LogP contribution >= 0.6 is 0 Å². The monoisotopic (exact) mass is 452 g/mol. The maximum Gasteiger partial charge on any atom is 0.339 e. The van der Waals surface area contributed by atoms with Gasteiger partial charge in [0.15, 0.2) is 0 Å². The van der Waals surface area contributed by atoms with Crippen LogP contribution in [0, 0.1) is 0 Å². The molecule has 3 aromatic heterocycles. The van der Waals surface area contributed by atoms with Crippen LogP contribution in [0.3, 0.4) is 0 Å². The van der Waals surface area contributed by atoms with Crippen LogP contribution in [0.15, 0.2) is 37.4 Å². The number of fused-ring (bicyclic) bond motifs is 8. The SMILES string of the molecule is C=Cc1c2nc(c(C=C)c3cc(C(=O)O)c([nH]3)c(C(=O)O)c3ccc(cc4nc1CC4)[nH]3)C=C2. The molecular weight excluding hydrogens is 432 g/mol. The van der Waals surface area contributed by atoms with E-state index >= 15 is 0 Å². The molecule has 2 aliphatic heterocycles. The largest absolute Gasteiger partial charge is 0.478 e. The number of carboxylic acid groups (broad SMARTS) is 2. The quantitative estimate of drug-likeness (QED) is 0.346. The van der Waals surface area contributed by atoms with E-state index in [1.165, 1.54) is 6.07 Å². The van der Waals surface area contributed by atoms with Crippen molar-refractivity contribution >= 4 is 58.3 Å². The van der Waals surface area contributed by atoms with Crippen molar-refractivity contribution in [1.82, 2.24) is 19.9 Å². The topological polar surface area (TPSA) is 132 Å². The highest BCUT2D eigenvalue weighted by Crippen LogP contribution is 2.28. The smallest absolute Gasteiger partial charge is 0.339 e. The molecule has 3 aromatic rings. The van der Waals surface area contributed by atoms with Gasteiger partial charge in [-0.25, -0.2) is 14.6 Å². The van der Waals surface area contributed by atoms with Gasteiger partial charge >= 0.3 is 11.9 Å². The summed E-state index contributed by atoms with van der Waals surface area (Å²) >= 11 is 0. The van der Waals surface area contributed by atoms with Gasteiger partial charge in [-0.15, -0.1) is 0 Å². The minimum atomic E-state index is -1.27. The molecule has 34 heavy (non-hydrogen) atoms. The summed E-state index contributed by atoms with van der Waals surface area (Å²) in [6, 6.07) is 6.61. The fourth-order valence-corrected chi connectivity index (χ4v) is 4.36. The average molecular weight is 452 g/mol. The fraction of sp³-hybridized carbons (Fsp3) is 0.0769. The van der Waals surface area contributed by atoms with Gasteiger partial charge in [-0.2, -0.15) is 0 Å². The molecule has 8 heteroatoms. The first-order valence-electron chi connectivity index (χ1n) is 10.6. The molecule has 5 rings (SSSR count). The lowest BCUT2D eigenvalue weighted by molar-refractivity contribution is 0.0696. The van der Waals surface area contributed by atoms with Crippen molar-refractivity contribution < 1.29 is 19.8 Å². The molecule has 8 bridgehead atoms. The molecule has 0 amide bonds. The Kier molecular flexibility index (Phi) is 4.98. The second-order valence-corrected chi connectivity index (χ2v) is 7.93. The summed E-state index contributed by atoms with van der Waals surface area (Å²) in [6.45, 7) is 7.81. The minimum Gasteiger partial charge on any atom is -0.478 e. The van der Waals surface area contributed by atoms with Crippen LogP contribution in [0.4, 0.5) is 0 Å². The first-order chi connectivity index (χ1) is 16.4. The second-order valence-electron chi connectivity index (χ2n) is 7.93. The van der Waals surface area contributed by atoms with Gasteiger partial charge < -0.3 is 20.2 Å². The number of aromatic carboxylic acids is 2. The Hall–Kier alpha value is -4.72. The Morgan fingerprint density at radius 1 is 0.882 bits per heavy atom. The van der Waals surface area contributed by atoms with E-state index in [0.29, 0.717) is 28.0 Å². The van der Waals surface area contributed by atoms with Gasteiger partial charge in [0.2, 0.25) is 0 Å². The maximum absolute atomic E-state index is 12.3. The lowest BCUT2D eigenvalue weighted by Gasteiger charge is -1.98. The Morgan fingerprint density at radius 2 is 1.62 bits per heavy atom. The first-order valence-corrected chi connectivity index (χ1v) is 10.6. The lowest BCUT2D eigenvalue weighted by Crippen LogP contribution is -2.02. The van der Waals surface area contributed by atoms with Gasteiger partial charge in [0.25, 0.3) is 0 Å². The van der Waals surface area contributed by atoms with Crippen molar-refractivity contribution in [3.8, 4) is 0 Å². The highest BCUT2D eigenvalue weighted by atomic mass is 16.4. The second kappa shape index (κ2) is 8.00. The molecule has 0 saturated carbocycles. The summed E-state index contributed by atoms with van der Waals surface area (Å²) in [4.78, 5) is 39.9. The molecule has 168 valence electrons. The highest BCUT2D eigenvalue weighted by Gasteiger charge is 2.20. The minimum absolute atomic E-state index is 0.0196. The van der Waals surface area contributed by atoms with Crippen molar-refractivity contribution in [2.45, 2.75) is 12.8 Å². The summed E-state index contributed by atoms with van der Waals surface area (Å²) in [5.41, 5.74) is 5.31. The third-order valence-corrected chi connectivity index (χ3v) is 5.91. The number of nitrogens with zero attached hydrogens (tertiary/aromatic N) is 2. The molecule has 0 radical (unpaired) electrons. The van der Waals surface area contributed by atoms with Gasteiger partial charge in [-0.1, -0.05) is 25.3 Å². The Labute approximate surface area is 193 Å². The molecule has 0 aliphatic carbocycles. The van der Waals surface area contributed by atoms with Crippen molar-refractivity contribution in [3.63, 3.8) is 0 Å². The zero-order valence-electron chi connectivity index (χ0n) is 18.1. The number of aryl methyl sites for hydroxylation is 2. The van der Waals surface area contributed by atoms with Crippen molar-refractivity contribution in [1.29, 1.82) is 0 Å². The molecule has 0 spiro atoms. The number of hydrogen-bond donors (Lipinski definition) is 4. The number of carboxylic acids is 2. The molecule has 0 unspecified atom stereocenters.